The van der Waals surface area contributed by atoms with Crippen LogP contribution in [0.3, 0.4) is 0 Å². The summed E-state index contributed by atoms with van der Waals surface area (Å²) >= 11 is 0. The summed E-state index contributed by atoms with van der Waals surface area (Å²) in [4.78, 5) is 16.0. The number of rotatable bonds is 6. The first-order valence-electron chi connectivity index (χ1n) is 7.68. The number of aromatic nitrogens is 3. The maximum absolute atomic E-state index is 13.1. The molecule has 0 aliphatic heterocycles. The number of esters is 1. The molecule has 128 valence electrons. The lowest BCUT2D eigenvalue weighted by molar-refractivity contribution is -0.143. The van der Waals surface area contributed by atoms with Gasteiger partial charge in [-0.2, -0.15) is 5.10 Å². The smallest absolute Gasteiger partial charge is 0.327 e. The summed E-state index contributed by atoms with van der Waals surface area (Å²) in [6.07, 6.45) is 3.08. The molecule has 1 atom stereocenters. The predicted molar refractivity (Wildman–Crippen MR) is 89.4 cm³/mol. The van der Waals surface area contributed by atoms with Crippen LogP contribution in [0, 0.1) is 5.82 Å². The standard InChI is InChI=1S/C18H17FN4O2/c1-25-18(24)17(14-5-7-15(19)8-6-14)21-10-13-3-2-4-16(9-13)23-12-20-11-22-23/h2-9,11-12,17,21H,10H2,1H3/t17-/m1/s1. The van der Waals surface area contributed by atoms with Crippen LogP contribution in [-0.4, -0.2) is 27.8 Å². The van der Waals surface area contributed by atoms with Crippen molar-refractivity contribution in [2.24, 2.45) is 0 Å². The van der Waals surface area contributed by atoms with Gasteiger partial charge in [0.25, 0.3) is 0 Å². The van der Waals surface area contributed by atoms with E-state index < -0.39 is 12.0 Å². The molecule has 2 aromatic carbocycles. The van der Waals surface area contributed by atoms with Crippen LogP contribution in [0.15, 0.2) is 61.2 Å². The van der Waals surface area contributed by atoms with Crippen molar-refractivity contribution < 1.29 is 13.9 Å². The van der Waals surface area contributed by atoms with Crippen LogP contribution in [0.2, 0.25) is 0 Å². The van der Waals surface area contributed by atoms with Crippen LogP contribution in [-0.2, 0) is 16.1 Å². The van der Waals surface area contributed by atoms with Gasteiger partial charge in [0, 0.05) is 6.54 Å². The molecule has 3 rings (SSSR count). The lowest BCUT2D eigenvalue weighted by atomic mass is 10.1. The van der Waals surface area contributed by atoms with E-state index >= 15 is 0 Å². The lowest BCUT2D eigenvalue weighted by Gasteiger charge is -2.17. The van der Waals surface area contributed by atoms with Gasteiger partial charge in [-0.15, -0.1) is 0 Å². The Morgan fingerprint density at radius 3 is 2.76 bits per heavy atom. The lowest BCUT2D eigenvalue weighted by Crippen LogP contribution is -2.29. The second-order valence-corrected chi connectivity index (χ2v) is 5.40. The Kier molecular flexibility index (Phi) is 5.15. The monoisotopic (exact) mass is 340 g/mol. The fraction of sp³-hybridized carbons (Fsp3) is 0.167. The Labute approximate surface area is 144 Å². The first-order valence-corrected chi connectivity index (χ1v) is 7.68. The van der Waals surface area contributed by atoms with Crippen molar-refractivity contribution >= 4 is 5.97 Å². The predicted octanol–water partition coefficient (Wildman–Crippen LogP) is 2.41. The molecule has 0 fully saturated rings. The second kappa shape index (κ2) is 7.67. The van der Waals surface area contributed by atoms with Crippen LogP contribution in [0.4, 0.5) is 4.39 Å². The van der Waals surface area contributed by atoms with E-state index in [0.717, 1.165) is 11.3 Å². The number of benzene rings is 2. The maximum atomic E-state index is 13.1. The summed E-state index contributed by atoms with van der Waals surface area (Å²) in [5.41, 5.74) is 2.47. The molecule has 0 radical (unpaired) electrons. The van der Waals surface area contributed by atoms with Crippen molar-refractivity contribution in [3.63, 3.8) is 0 Å². The number of nitrogens with zero attached hydrogens (tertiary/aromatic N) is 3. The molecule has 6 nitrogen and oxygen atoms in total. The molecule has 0 bridgehead atoms. The molecule has 0 spiro atoms. The van der Waals surface area contributed by atoms with Gasteiger partial charge in [0.05, 0.1) is 12.8 Å². The summed E-state index contributed by atoms with van der Waals surface area (Å²) in [6, 6.07) is 12.8. The Balaban J connectivity index is 1.76. The molecule has 3 aromatic rings. The summed E-state index contributed by atoms with van der Waals surface area (Å²) < 4.78 is 19.6. The van der Waals surface area contributed by atoms with Crippen molar-refractivity contribution in [2.45, 2.75) is 12.6 Å². The van der Waals surface area contributed by atoms with E-state index in [1.165, 1.54) is 25.6 Å². The molecule has 0 saturated carbocycles. The minimum absolute atomic E-state index is 0.354. The summed E-state index contributed by atoms with van der Waals surface area (Å²) in [7, 11) is 1.33. The SMILES string of the molecule is COC(=O)[C@H](NCc1cccc(-n2cncn2)c1)c1ccc(F)cc1. The zero-order chi connectivity index (χ0) is 17.6. The minimum atomic E-state index is -0.680. The Bertz CT molecular complexity index is 835. The molecule has 7 heteroatoms. The fourth-order valence-electron chi connectivity index (χ4n) is 2.48. The second-order valence-electron chi connectivity index (χ2n) is 5.40. The Morgan fingerprint density at radius 1 is 1.28 bits per heavy atom. The third kappa shape index (κ3) is 4.07. The number of methoxy groups -OCH3 is 1. The van der Waals surface area contributed by atoms with E-state index in [2.05, 4.69) is 15.4 Å². The highest BCUT2D eigenvalue weighted by Gasteiger charge is 2.20. The van der Waals surface area contributed by atoms with Crippen molar-refractivity contribution in [2.75, 3.05) is 7.11 Å². The number of halogens is 1. The molecule has 0 aliphatic carbocycles. The topological polar surface area (TPSA) is 69.0 Å². The quantitative estimate of drug-likeness (QED) is 0.698. The van der Waals surface area contributed by atoms with Gasteiger partial charge in [0.15, 0.2) is 0 Å². The molecular formula is C18H17FN4O2. The number of carbonyl (C=O) groups is 1. The summed E-state index contributed by atoms with van der Waals surface area (Å²) in [5, 5.41) is 7.25. The first kappa shape index (κ1) is 16.8. The zero-order valence-corrected chi connectivity index (χ0v) is 13.6. The van der Waals surface area contributed by atoms with E-state index in [0.29, 0.717) is 12.1 Å². The van der Waals surface area contributed by atoms with Crippen molar-refractivity contribution in [3.05, 3.63) is 78.1 Å². The van der Waals surface area contributed by atoms with Gasteiger partial charge in [0.2, 0.25) is 0 Å². The van der Waals surface area contributed by atoms with Crippen LogP contribution >= 0.6 is 0 Å². The highest BCUT2D eigenvalue weighted by Crippen LogP contribution is 2.17. The molecule has 0 saturated heterocycles. The molecule has 1 N–H and O–H groups in total. The molecule has 1 heterocycles. The largest absolute Gasteiger partial charge is 0.468 e. The van der Waals surface area contributed by atoms with Gasteiger partial charge in [-0.1, -0.05) is 24.3 Å². The van der Waals surface area contributed by atoms with Gasteiger partial charge in [-0.05, 0) is 35.4 Å². The summed E-state index contributed by atoms with van der Waals surface area (Å²) in [5.74, 6) is -0.785. The van der Waals surface area contributed by atoms with Gasteiger partial charge in [-0.3, -0.25) is 5.32 Å². The van der Waals surface area contributed by atoms with Crippen molar-refractivity contribution in [3.8, 4) is 5.69 Å². The molecule has 0 amide bonds. The van der Waals surface area contributed by atoms with E-state index in [1.54, 1.807) is 23.1 Å². The highest BCUT2D eigenvalue weighted by atomic mass is 19.1. The fourth-order valence-corrected chi connectivity index (χ4v) is 2.48. The Morgan fingerprint density at radius 2 is 2.08 bits per heavy atom. The molecule has 0 aliphatic rings. The molecule has 0 unspecified atom stereocenters. The van der Waals surface area contributed by atoms with E-state index in [-0.39, 0.29) is 5.82 Å². The van der Waals surface area contributed by atoms with Crippen LogP contribution in [0.5, 0.6) is 0 Å². The van der Waals surface area contributed by atoms with Crippen molar-refractivity contribution in [1.29, 1.82) is 0 Å². The molecular weight excluding hydrogens is 323 g/mol. The summed E-state index contributed by atoms with van der Waals surface area (Å²) in [6.45, 7) is 0.430. The highest BCUT2D eigenvalue weighted by molar-refractivity contribution is 5.77. The number of hydrogen-bond donors (Lipinski definition) is 1. The molecule has 1 aromatic heterocycles. The normalized spacial score (nSPS) is 11.9. The Hall–Kier alpha value is -3.06. The number of carbonyl (C=O) groups excluding carboxylic acids is 1. The zero-order valence-electron chi connectivity index (χ0n) is 13.6. The number of ether oxygens (including phenoxy) is 1. The van der Waals surface area contributed by atoms with Crippen LogP contribution < -0.4 is 5.32 Å². The third-order valence-electron chi connectivity index (χ3n) is 3.74. The molecule has 25 heavy (non-hydrogen) atoms. The average Bonchev–Trinajstić information content (AvgIpc) is 3.18. The van der Waals surface area contributed by atoms with Crippen LogP contribution in [0.25, 0.3) is 5.69 Å². The van der Waals surface area contributed by atoms with Crippen molar-refractivity contribution in [1.82, 2.24) is 20.1 Å². The average molecular weight is 340 g/mol. The van der Waals surface area contributed by atoms with E-state index in [9.17, 15) is 9.18 Å². The number of hydrogen-bond acceptors (Lipinski definition) is 5. The number of nitrogens with one attached hydrogen (secondary N) is 1. The van der Waals surface area contributed by atoms with Gasteiger partial charge >= 0.3 is 5.97 Å². The maximum Gasteiger partial charge on any atom is 0.327 e. The van der Waals surface area contributed by atoms with E-state index in [1.807, 2.05) is 24.3 Å². The van der Waals surface area contributed by atoms with Gasteiger partial charge < -0.3 is 4.74 Å². The third-order valence-corrected chi connectivity index (χ3v) is 3.74. The van der Waals surface area contributed by atoms with Gasteiger partial charge in [0.1, 0.15) is 24.5 Å². The van der Waals surface area contributed by atoms with Crippen LogP contribution in [0.1, 0.15) is 17.2 Å². The van der Waals surface area contributed by atoms with Gasteiger partial charge in [-0.25, -0.2) is 18.9 Å². The van der Waals surface area contributed by atoms with E-state index in [4.69, 9.17) is 4.74 Å². The minimum Gasteiger partial charge on any atom is -0.468 e. The first-order chi connectivity index (χ1) is 12.2.